The van der Waals surface area contributed by atoms with Crippen LogP contribution in [0.1, 0.15) is 18.5 Å². The molecule has 2 aromatic heterocycles. The zero-order valence-corrected chi connectivity index (χ0v) is 12.7. The lowest BCUT2D eigenvalue weighted by atomic mass is 10.2. The lowest BCUT2D eigenvalue weighted by molar-refractivity contribution is 0.352. The Morgan fingerprint density at radius 3 is 2.90 bits per heavy atom. The van der Waals surface area contributed by atoms with Gasteiger partial charge < -0.3 is 4.57 Å². The fourth-order valence-electron chi connectivity index (χ4n) is 2.69. The smallest absolute Gasteiger partial charge is 0.244 e. The van der Waals surface area contributed by atoms with Crippen molar-refractivity contribution in [3.05, 3.63) is 42.7 Å². The van der Waals surface area contributed by atoms with Gasteiger partial charge >= 0.3 is 0 Å². The highest BCUT2D eigenvalue weighted by atomic mass is 32.2. The van der Waals surface area contributed by atoms with Crippen LogP contribution in [-0.4, -0.2) is 39.8 Å². The molecule has 0 aromatic carbocycles. The van der Waals surface area contributed by atoms with Crippen molar-refractivity contribution < 1.29 is 8.42 Å². The molecule has 0 saturated carbocycles. The Bertz CT molecular complexity index is 695. The van der Waals surface area contributed by atoms with Crippen LogP contribution in [0.3, 0.4) is 0 Å². The van der Waals surface area contributed by atoms with Gasteiger partial charge in [0.2, 0.25) is 10.0 Å². The highest BCUT2D eigenvalue weighted by molar-refractivity contribution is 7.89. The standard InChI is InChI=1S/C14H18N4O2S/c1-12-4-5-14(9-16-12)21(19,20)18-7-2-3-13(18)10-17-8-6-15-11-17/h4-6,8-9,11,13H,2-3,7,10H2,1H3. The predicted octanol–water partition coefficient (Wildman–Crippen LogP) is 1.44. The molecule has 1 aliphatic rings. The fourth-order valence-corrected chi connectivity index (χ4v) is 4.32. The average molecular weight is 306 g/mol. The number of rotatable bonds is 4. The van der Waals surface area contributed by atoms with Gasteiger partial charge in [0.25, 0.3) is 0 Å². The molecule has 112 valence electrons. The van der Waals surface area contributed by atoms with Gasteiger partial charge in [0.05, 0.1) is 6.33 Å². The minimum atomic E-state index is -3.47. The summed E-state index contributed by atoms with van der Waals surface area (Å²) in [6, 6.07) is 3.34. The van der Waals surface area contributed by atoms with Gasteiger partial charge in [-0.1, -0.05) is 0 Å². The average Bonchev–Trinajstić information content (AvgIpc) is 3.11. The molecule has 0 radical (unpaired) electrons. The number of imidazole rings is 1. The third kappa shape index (κ3) is 2.84. The molecular formula is C14H18N4O2S. The van der Waals surface area contributed by atoms with Crippen molar-refractivity contribution in [2.75, 3.05) is 6.54 Å². The first-order valence-corrected chi connectivity index (χ1v) is 8.41. The second kappa shape index (κ2) is 5.57. The van der Waals surface area contributed by atoms with Crippen molar-refractivity contribution in [2.24, 2.45) is 0 Å². The maximum Gasteiger partial charge on any atom is 0.244 e. The highest BCUT2D eigenvalue weighted by Crippen LogP contribution is 2.26. The Kier molecular flexibility index (Phi) is 3.77. The first-order valence-electron chi connectivity index (χ1n) is 6.97. The van der Waals surface area contributed by atoms with E-state index in [2.05, 4.69) is 9.97 Å². The number of aromatic nitrogens is 3. The molecule has 1 aliphatic heterocycles. The molecule has 1 fully saturated rings. The molecule has 7 heteroatoms. The monoisotopic (exact) mass is 306 g/mol. The molecular weight excluding hydrogens is 288 g/mol. The molecule has 1 unspecified atom stereocenters. The van der Waals surface area contributed by atoms with E-state index in [4.69, 9.17) is 0 Å². The summed E-state index contributed by atoms with van der Waals surface area (Å²) >= 11 is 0. The molecule has 3 rings (SSSR count). The second-order valence-electron chi connectivity index (χ2n) is 5.31. The lowest BCUT2D eigenvalue weighted by Crippen LogP contribution is -2.37. The summed E-state index contributed by atoms with van der Waals surface area (Å²) in [6.45, 7) is 3.04. The third-order valence-corrected chi connectivity index (χ3v) is 5.73. The van der Waals surface area contributed by atoms with Crippen LogP contribution in [0.15, 0.2) is 41.9 Å². The van der Waals surface area contributed by atoms with E-state index in [1.54, 1.807) is 29.0 Å². The summed E-state index contributed by atoms with van der Waals surface area (Å²) in [5.41, 5.74) is 0.810. The molecule has 6 nitrogen and oxygen atoms in total. The van der Waals surface area contributed by atoms with Gasteiger partial charge in [-0.3, -0.25) is 4.98 Å². The number of hydrogen-bond donors (Lipinski definition) is 0. The van der Waals surface area contributed by atoms with Crippen LogP contribution < -0.4 is 0 Å². The van der Waals surface area contributed by atoms with E-state index < -0.39 is 10.0 Å². The molecule has 3 heterocycles. The number of sulfonamides is 1. The van der Waals surface area contributed by atoms with E-state index in [0.717, 1.165) is 18.5 Å². The van der Waals surface area contributed by atoms with Crippen LogP contribution in [0.4, 0.5) is 0 Å². The Balaban J connectivity index is 1.85. The zero-order valence-electron chi connectivity index (χ0n) is 11.9. The van der Waals surface area contributed by atoms with Crippen LogP contribution in [0.5, 0.6) is 0 Å². The quantitative estimate of drug-likeness (QED) is 0.857. The van der Waals surface area contributed by atoms with Gasteiger partial charge in [-0.15, -0.1) is 0 Å². The first-order chi connectivity index (χ1) is 10.1. The van der Waals surface area contributed by atoms with E-state index in [1.165, 1.54) is 6.20 Å². The summed E-state index contributed by atoms with van der Waals surface area (Å²) in [6.07, 6.45) is 8.48. The molecule has 0 aliphatic carbocycles. The molecule has 0 bridgehead atoms. The fraction of sp³-hybridized carbons (Fsp3) is 0.429. The van der Waals surface area contributed by atoms with Crippen LogP contribution in [0.2, 0.25) is 0 Å². The molecule has 1 atom stereocenters. The van der Waals surface area contributed by atoms with Crippen molar-refractivity contribution >= 4 is 10.0 Å². The van der Waals surface area contributed by atoms with Crippen molar-refractivity contribution in [3.8, 4) is 0 Å². The summed E-state index contributed by atoms with van der Waals surface area (Å²) in [5.74, 6) is 0. The van der Waals surface area contributed by atoms with E-state index in [9.17, 15) is 8.42 Å². The van der Waals surface area contributed by atoms with Crippen molar-refractivity contribution in [1.29, 1.82) is 0 Å². The van der Waals surface area contributed by atoms with Gasteiger partial charge in [-0.2, -0.15) is 4.31 Å². The second-order valence-corrected chi connectivity index (χ2v) is 7.20. The largest absolute Gasteiger partial charge is 0.336 e. The van der Waals surface area contributed by atoms with E-state index in [0.29, 0.717) is 13.1 Å². The predicted molar refractivity (Wildman–Crippen MR) is 78.1 cm³/mol. The molecule has 0 amide bonds. The summed E-state index contributed by atoms with van der Waals surface area (Å²) < 4.78 is 29.0. The van der Waals surface area contributed by atoms with Crippen LogP contribution in [0.25, 0.3) is 0 Å². The van der Waals surface area contributed by atoms with E-state index in [-0.39, 0.29) is 10.9 Å². The maximum atomic E-state index is 12.7. The number of hydrogen-bond acceptors (Lipinski definition) is 4. The Morgan fingerprint density at radius 2 is 2.24 bits per heavy atom. The molecule has 21 heavy (non-hydrogen) atoms. The summed E-state index contributed by atoms with van der Waals surface area (Å²) in [5, 5.41) is 0. The number of pyridine rings is 1. The van der Waals surface area contributed by atoms with Gasteiger partial charge in [0.1, 0.15) is 4.90 Å². The molecule has 2 aromatic rings. The topological polar surface area (TPSA) is 68.1 Å². The van der Waals surface area contributed by atoms with Gasteiger partial charge in [-0.05, 0) is 31.9 Å². The Hall–Kier alpha value is -1.73. The summed E-state index contributed by atoms with van der Waals surface area (Å²) in [4.78, 5) is 8.37. The maximum absolute atomic E-state index is 12.7. The molecule has 0 spiro atoms. The van der Waals surface area contributed by atoms with Crippen molar-refractivity contribution in [1.82, 2.24) is 18.8 Å². The van der Waals surface area contributed by atoms with Gasteiger partial charge in [0.15, 0.2) is 0 Å². The Morgan fingerprint density at radius 1 is 1.38 bits per heavy atom. The van der Waals surface area contributed by atoms with Crippen molar-refractivity contribution in [2.45, 2.75) is 37.2 Å². The SMILES string of the molecule is Cc1ccc(S(=O)(=O)N2CCCC2Cn2ccnc2)cn1. The number of aryl methyl sites for hydroxylation is 1. The van der Waals surface area contributed by atoms with Crippen LogP contribution >= 0.6 is 0 Å². The van der Waals surface area contributed by atoms with E-state index in [1.807, 2.05) is 17.7 Å². The minimum Gasteiger partial charge on any atom is -0.336 e. The highest BCUT2D eigenvalue weighted by Gasteiger charge is 2.35. The third-order valence-electron chi connectivity index (χ3n) is 3.79. The first kappa shape index (κ1) is 14.2. The lowest BCUT2D eigenvalue weighted by Gasteiger charge is -2.24. The van der Waals surface area contributed by atoms with Crippen LogP contribution in [-0.2, 0) is 16.6 Å². The van der Waals surface area contributed by atoms with E-state index >= 15 is 0 Å². The van der Waals surface area contributed by atoms with Crippen LogP contribution in [0, 0.1) is 6.92 Å². The Labute approximate surface area is 124 Å². The normalized spacial score (nSPS) is 20.0. The minimum absolute atomic E-state index is 0.0227. The number of nitrogens with zero attached hydrogens (tertiary/aromatic N) is 4. The zero-order chi connectivity index (χ0) is 14.9. The molecule has 0 N–H and O–H groups in total. The van der Waals surface area contributed by atoms with Gasteiger partial charge in [-0.25, -0.2) is 13.4 Å². The van der Waals surface area contributed by atoms with Gasteiger partial charge in [0, 0.05) is 43.4 Å². The molecule has 1 saturated heterocycles. The summed E-state index contributed by atoms with van der Waals surface area (Å²) in [7, 11) is -3.47. The van der Waals surface area contributed by atoms with Crippen molar-refractivity contribution in [3.63, 3.8) is 0 Å².